The number of piperidine rings is 1. The Balaban J connectivity index is 1.45. The second kappa shape index (κ2) is 5.91. The van der Waals surface area contributed by atoms with Crippen molar-refractivity contribution in [3.63, 3.8) is 0 Å². The van der Waals surface area contributed by atoms with Gasteiger partial charge in [-0.1, -0.05) is 0 Å². The summed E-state index contributed by atoms with van der Waals surface area (Å²) in [5.74, 6) is 1.51. The molecule has 2 aliphatic rings. The van der Waals surface area contributed by atoms with Crippen molar-refractivity contribution < 1.29 is 4.79 Å². The summed E-state index contributed by atoms with van der Waals surface area (Å²) in [4.78, 5) is 12.1. The van der Waals surface area contributed by atoms with Crippen molar-refractivity contribution in [3.8, 4) is 0 Å². The molecule has 20 heavy (non-hydrogen) atoms. The van der Waals surface area contributed by atoms with Crippen LogP contribution in [0, 0.1) is 5.92 Å². The van der Waals surface area contributed by atoms with E-state index in [1.54, 1.807) is 6.33 Å². The SMILES string of the molecule is CCn1cnnc1CNC(=O)CC1CC2CCC(C1)N2. The molecule has 110 valence electrons. The maximum Gasteiger partial charge on any atom is 0.220 e. The van der Waals surface area contributed by atoms with Gasteiger partial charge in [0, 0.05) is 25.0 Å². The molecule has 0 spiro atoms. The van der Waals surface area contributed by atoms with E-state index in [0.717, 1.165) is 25.2 Å². The van der Waals surface area contributed by atoms with Crippen LogP contribution in [0.5, 0.6) is 0 Å². The lowest BCUT2D eigenvalue weighted by Crippen LogP contribution is -2.39. The first-order valence-corrected chi connectivity index (χ1v) is 7.64. The molecule has 1 amide bonds. The molecule has 2 atom stereocenters. The van der Waals surface area contributed by atoms with Gasteiger partial charge >= 0.3 is 0 Å². The number of hydrogen-bond acceptors (Lipinski definition) is 4. The fourth-order valence-electron chi connectivity index (χ4n) is 3.53. The first kappa shape index (κ1) is 13.5. The number of aromatic nitrogens is 3. The Hall–Kier alpha value is -1.43. The highest BCUT2D eigenvalue weighted by Gasteiger charge is 2.34. The molecular formula is C14H23N5O. The Morgan fingerprint density at radius 2 is 2.20 bits per heavy atom. The van der Waals surface area contributed by atoms with E-state index in [9.17, 15) is 4.79 Å². The molecule has 0 radical (unpaired) electrons. The fourth-order valence-corrected chi connectivity index (χ4v) is 3.53. The molecule has 2 N–H and O–H groups in total. The second-order valence-electron chi connectivity index (χ2n) is 5.99. The van der Waals surface area contributed by atoms with Gasteiger partial charge in [0.1, 0.15) is 6.33 Å². The van der Waals surface area contributed by atoms with Crippen LogP contribution >= 0.6 is 0 Å². The first-order chi connectivity index (χ1) is 9.74. The minimum absolute atomic E-state index is 0.141. The van der Waals surface area contributed by atoms with Crippen LogP contribution in [0.1, 0.15) is 44.9 Å². The molecule has 2 unspecified atom stereocenters. The van der Waals surface area contributed by atoms with E-state index in [0.29, 0.717) is 31.0 Å². The van der Waals surface area contributed by atoms with Crippen LogP contribution in [0.3, 0.4) is 0 Å². The molecule has 1 aromatic rings. The van der Waals surface area contributed by atoms with Gasteiger partial charge in [-0.3, -0.25) is 4.79 Å². The summed E-state index contributed by atoms with van der Waals surface area (Å²) >= 11 is 0. The van der Waals surface area contributed by atoms with Gasteiger partial charge in [-0.15, -0.1) is 10.2 Å². The van der Waals surface area contributed by atoms with E-state index < -0.39 is 0 Å². The number of aryl methyl sites for hydroxylation is 1. The zero-order valence-electron chi connectivity index (χ0n) is 12.0. The van der Waals surface area contributed by atoms with E-state index in [2.05, 4.69) is 20.8 Å². The number of carbonyl (C=O) groups excluding carboxylic acids is 1. The normalized spacial score (nSPS) is 28.6. The Labute approximate surface area is 119 Å². The highest BCUT2D eigenvalue weighted by atomic mass is 16.1. The van der Waals surface area contributed by atoms with Crippen LogP contribution in [-0.2, 0) is 17.9 Å². The van der Waals surface area contributed by atoms with E-state index in [1.165, 1.54) is 12.8 Å². The van der Waals surface area contributed by atoms with Gasteiger partial charge in [-0.2, -0.15) is 0 Å². The summed E-state index contributed by atoms with van der Waals surface area (Å²) in [7, 11) is 0. The molecule has 0 aromatic carbocycles. The van der Waals surface area contributed by atoms with Crippen molar-refractivity contribution in [1.29, 1.82) is 0 Å². The third kappa shape index (κ3) is 3.00. The van der Waals surface area contributed by atoms with Gasteiger partial charge in [0.2, 0.25) is 5.91 Å². The maximum absolute atomic E-state index is 12.1. The maximum atomic E-state index is 12.1. The molecule has 6 nitrogen and oxygen atoms in total. The van der Waals surface area contributed by atoms with Gasteiger partial charge in [-0.25, -0.2) is 0 Å². The van der Waals surface area contributed by atoms with Crippen molar-refractivity contribution in [1.82, 2.24) is 25.4 Å². The number of nitrogens with one attached hydrogen (secondary N) is 2. The van der Waals surface area contributed by atoms with Crippen LogP contribution in [0.4, 0.5) is 0 Å². The number of hydrogen-bond donors (Lipinski definition) is 2. The van der Waals surface area contributed by atoms with Crippen molar-refractivity contribution in [2.24, 2.45) is 5.92 Å². The summed E-state index contributed by atoms with van der Waals surface area (Å²) in [5.41, 5.74) is 0. The molecule has 3 rings (SSSR count). The van der Waals surface area contributed by atoms with Crippen LogP contribution in [0.2, 0.25) is 0 Å². The van der Waals surface area contributed by atoms with Gasteiger partial charge in [0.25, 0.3) is 0 Å². The van der Waals surface area contributed by atoms with E-state index >= 15 is 0 Å². The Bertz CT molecular complexity index is 460. The molecule has 6 heteroatoms. The van der Waals surface area contributed by atoms with Gasteiger partial charge in [0.05, 0.1) is 6.54 Å². The summed E-state index contributed by atoms with van der Waals surface area (Å²) in [6.45, 7) is 3.35. The highest BCUT2D eigenvalue weighted by molar-refractivity contribution is 5.76. The number of rotatable bonds is 5. The smallest absolute Gasteiger partial charge is 0.220 e. The molecular weight excluding hydrogens is 254 g/mol. The molecule has 0 saturated carbocycles. The monoisotopic (exact) mass is 277 g/mol. The third-order valence-corrected chi connectivity index (χ3v) is 4.52. The van der Waals surface area contributed by atoms with Crippen molar-refractivity contribution in [2.75, 3.05) is 0 Å². The minimum atomic E-state index is 0.141. The predicted molar refractivity (Wildman–Crippen MR) is 74.8 cm³/mol. The van der Waals surface area contributed by atoms with Gasteiger partial charge < -0.3 is 15.2 Å². The van der Waals surface area contributed by atoms with Gasteiger partial charge in [0.15, 0.2) is 5.82 Å². The molecule has 2 aliphatic heterocycles. The summed E-state index contributed by atoms with van der Waals surface area (Å²) in [6.07, 6.45) is 7.20. The summed E-state index contributed by atoms with van der Waals surface area (Å²) < 4.78 is 1.95. The standard InChI is InChI=1S/C14H23N5O/c1-2-19-9-16-18-13(19)8-15-14(20)7-10-5-11-3-4-12(6-10)17-11/h9-12,17H,2-8H2,1H3,(H,15,20). The van der Waals surface area contributed by atoms with Crippen molar-refractivity contribution >= 4 is 5.91 Å². The van der Waals surface area contributed by atoms with Crippen molar-refractivity contribution in [3.05, 3.63) is 12.2 Å². The first-order valence-electron chi connectivity index (χ1n) is 7.64. The number of fused-ring (bicyclic) bond motifs is 2. The quantitative estimate of drug-likeness (QED) is 0.836. The Kier molecular flexibility index (Phi) is 4.00. The largest absolute Gasteiger partial charge is 0.349 e. The summed E-state index contributed by atoms with van der Waals surface area (Å²) in [5, 5.41) is 14.5. The van der Waals surface area contributed by atoms with Crippen LogP contribution in [-0.4, -0.2) is 32.8 Å². The van der Waals surface area contributed by atoms with E-state index in [4.69, 9.17) is 0 Å². The molecule has 2 saturated heterocycles. The Morgan fingerprint density at radius 1 is 1.45 bits per heavy atom. The lowest BCUT2D eigenvalue weighted by Gasteiger charge is -2.28. The molecule has 2 bridgehead atoms. The average Bonchev–Trinajstić information content (AvgIpc) is 3.02. The van der Waals surface area contributed by atoms with Crippen LogP contribution in [0.15, 0.2) is 6.33 Å². The third-order valence-electron chi connectivity index (χ3n) is 4.52. The highest BCUT2D eigenvalue weighted by Crippen LogP contribution is 2.32. The minimum Gasteiger partial charge on any atom is -0.349 e. The lowest BCUT2D eigenvalue weighted by molar-refractivity contribution is -0.122. The number of carbonyl (C=O) groups is 1. The number of amides is 1. The lowest BCUT2D eigenvalue weighted by atomic mass is 9.89. The van der Waals surface area contributed by atoms with Crippen LogP contribution < -0.4 is 10.6 Å². The average molecular weight is 277 g/mol. The molecule has 2 fully saturated rings. The topological polar surface area (TPSA) is 71.8 Å². The zero-order chi connectivity index (χ0) is 13.9. The number of nitrogens with zero attached hydrogens (tertiary/aromatic N) is 3. The predicted octanol–water partition coefficient (Wildman–Crippen LogP) is 0.835. The fraction of sp³-hybridized carbons (Fsp3) is 0.786. The van der Waals surface area contributed by atoms with E-state index in [-0.39, 0.29) is 5.91 Å². The summed E-state index contributed by atoms with van der Waals surface area (Å²) in [6, 6.07) is 1.30. The van der Waals surface area contributed by atoms with Gasteiger partial charge in [-0.05, 0) is 38.5 Å². The molecule has 0 aliphatic carbocycles. The molecule has 1 aromatic heterocycles. The zero-order valence-corrected chi connectivity index (χ0v) is 12.0. The molecule has 3 heterocycles. The van der Waals surface area contributed by atoms with E-state index in [1.807, 2.05) is 11.5 Å². The van der Waals surface area contributed by atoms with Crippen LogP contribution in [0.25, 0.3) is 0 Å². The second-order valence-corrected chi connectivity index (χ2v) is 5.99. The Morgan fingerprint density at radius 3 is 2.90 bits per heavy atom. The van der Waals surface area contributed by atoms with Crippen molar-refractivity contribution in [2.45, 2.75) is 64.2 Å².